The molecule has 2 aromatic rings. The quantitative estimate of drug-likeness (QED) is 0.433. The van der Waals surface area contributed by atoms with Gasteiger partial charge in [-0.1, -0.05) is 12.1 Å². The zero-order chi connectivity index (χ0) is 19.9. The van der Waals surface area contributed by atoms with Crippen molar-refractivity contribution in [2.75, 3.05) is 30.9 Å². The maximum absolute atomic E-state index is 12.0. The minimum atomic E-state index is -0.519. The molecule has 0 saturated carbocycles. The van der Waals surface area contributed by atoms with Gasteiger partial charge >= 0.3 is 5.97 Å². The third kappa shape index (κ3) is 5.26. The molecule has 28 heavy (non-hydrogen) atoms. The van der Waals surface area contributed by atoms with E-state index in [0.29, 0.717) is 36.0 Å². The fraction of sp³-hybridized carbons (Fsp3) is 0.250. The summed E-state index contributed by atoms with van der Waals surface area (Å²) in [6.07, 6.45) is 0. The second-order valence-corrected chi connectivity index (χ2v) is 6.95. The Morgan fingerprint density at radius 2 is 1.82 bits per heavy atom. The van der Waals surface area contributed by atoms with Gasteiger partial charge in [-0.3, -0.25) is 14.4 Å². The van der Waals surface area contributed by atoms with Crippen molar-refractivity contribution < 1.29 is 28.6 Å². The van der Waals surface area contributed by atoms with Crippen LogP contribution < -0.4 is 14.8 Å². The fourth-order valence-electron chi connectivity index (χ4n) is 2.53. The van der Waals surface area contributed by atoms with Crippen LogP contribution in [0.3, 0.4) is 0 Å². The normalized spacial score (nSPS) is 12.2. The van der Waals surface area contributed by atoms with E-state index in [0.717, 1.165) is 4.90 Å². The highest BCUT2D eigenvalue weighted by Gasteiger charge is 2.14. The van der Waals surface area contributed by atoms with Gasteiger partial charge in [0.1, 0.15) is 13.2 Å². The van der Waals surface area contributed by atoms with Gasteiger partial charge in [0.05, 0.1) is 11.4 Å². The van der Waals surface area contributed by atoms with Gasteiger partial charge in [-0.2, -0.15) is 0 Å². The van der Waals surface area contributed by atoms with E-state index in [-0.39, 0.29) is 11.5 Å². The number of hydrogen-bond donors (Lipinski definition) is 1. The van der Waals surface area contributed by atoms with Gasteiger partial charge < -0.3 is 19.5 Å². The van der Waals surface area contributed by atoms with E-state index in [2.05, 4.69) is 5.32 Å². The molecule has 1 N–H and O–H groups in total. The first-order valence-corrected chi connectivity index (χ1v) is 9.59. The van der Waals surface area contributed by atoms with Crippen LogP contribution in [-0.2, 0) is 14.3 Å². The zero-order valence-corrected chi connectivity index (χ0v) is 16.0. The molecule has 1 heterocycles. The summed E-state index contributed by atoms with van der Waals surface area (Å²) >= 11 is 1.28. The molecule has 8 heteroatoms. The van der Waals surface area contributed by atoms with Gasteiger partial charge in [-0.15, -0.1) is 11.8 Å². The number of carbonyl (C=O) groups excluding carboxylic acids is 3. The fourth-order valence-corrected chi connectivity index (χ4v) is 3.25. The van der Waals surface area contributed by atoms with Gasteiger partial charge in [0.15, 0.2) is 23.9 Å². The van der Waals surface area contributed by atoms with E-state index in [4.69, 9.17) is 14.2 Å². The number of rotatable bonds is 7. The summed E-state index contributed by atoms with van der Waals surface area (Å²) < 4.78 is 15.9. The molecular formula is C20H19NO6S. The lowest BCUT2D eigenvalue weighted by molar-refractivity contribution is -0.144. The molecule has 0 unspecified atom stereocenters. The molecule has 0 saturated heterocycles. The summed E-state index contributed by atoms with van der Waals surface area (Å²) in [7, 11) is 0. The van der Waals surface area contributed by atoms with Crippen LogP contribution >= 0.6 is 11.8 Å². The van der Waals surface area contributed by atoms with Crippen LogP contribution in [-0.4, -0.2) is 43.2 Å². The standard InChI is InChI=1S/C20H19NO6S/c1-13(22)15-4-2-3-5-16(15)21-19(23)11-27-20(24)12-28-14-6-7-17-18(10-14)26-9-8-25-17/h2-7,10H,8-9,11-12H2,1H3,(H,21,23). The molecule has 0 aliphatic carbocycles. The van der Waals surface area contributed by atoms with E-state index in [1.165, 1.54) is 18.7 Å². The molecule has 0 radical (unpaired) electrons. The Balaban J connectivity index is 1.45. The molecular weight excluding hydrogens is 382 g/mol. The molecule has 2 aromatic carbocycles. The second-order valence-electron chi connectivity index (χ2n) is 5.90. The molecule has 0 atom stereocenters. The first-order valence-electron chi connectivity index (χ1n) is 8.61. The van der Waals surface area contributed by atoms with Gasteiger partial charge in [-0.05, 0) is 37.3 Å². The molecule has 1 aliphatic heterocycles. The van der Waals surface area contributed by atoms with Gasteiger partial charge in [0.25, 0.3) is 5.91 Å². The van der Waals surface area contributed by atoms with Gasteiger partial charge in [0, 0.05) is 10.5 Å². The van der Waals surface area contributed by atoms with Crippen molar-refractivity contribution in [3.63, 3.8) is 0 Å². The molecule has 146 valence electrons. The summed E-state index contributed by atoms with van der Waals surface area (Å²) in [4.78, 5) is 36.3. The average Bonchev–Trinajstić information content (AvgIpc) is 2.70. The summed E-state index contributed by atoms with van der Waals surface area (Å²) in [6, 6.07) is 12.1. The largest absolute Gasteiger partial charge is 0.486 e. The molecule has 1 aliphatic rings. The minimum absolute atomic E-state index is 0.0525. The third-order valence-corrected chi connectivity index (χ3v) is 4.78. The summed E-state index contributed by atoms with van der Waals surface area (Å²) in [5.41, 5.74) is 0.790. The number of ketones is 1. The molecule has 0 bridgehead atoms. The molecule has 1 amide bonds. The topological polar surface area (TPSA) is 90.9 Å². The number of ether oxygens (including phenoxy) is 3. The number of Topliss-reactive ketones (excluding diaryl/α,β-unsaturated/α-hetero) is 1. The smallest absolute Gasteiger partial charge is 0.316 e. The first-order chi connectivity index (χ1) is 13.5. The third-order valence-electron chi connectivity index (χ3n) is 3.82. The predicted octanol–water partition coefficient (Wildman–Crippen LogP) is 2.93. The van der Waals surface area contributed by atoms with Crippen molar-refractivity contribution in [2.24, 2.45) is 0 Å². The lowest BCUT2D eigenvalue weighted by Gasteiger charge is -2.18. The Morgan fingerprint density at radius 3 is 2.61 bits per heavy atom. The molecule has 0 fully saturated rings. The van der Waals surface area contributed by atoms with Crippen molar-refractivity contribution >= 4 is 35.1 Å². The van der Waals surface area contributed by atoms with Crippen molar-refractivity contribution in [2.45, 2.75) is 11.8 Å². The van der Waals surface area contributed by atoms with Crippen LogP contribution in [0.15, 0.2) is 47.4 Å². The number of benzene rings is 2. The maximum Gasteiger partial charge on any atom is 0.316 e. The van der Waals surface area contributed by atoms with Crippen LogP contribution in [0.4, 0.5) is 5.69 Å². The van der Waals surface area contributed by atoms with E-state index in [9.17, 15) is 14.4 Å². The van der Waals surface area contributed by atoms with Gasteiger partial charge in [-0.25, -0.2) is 0 Å². The van der Waals surface area contributed by atoms with Crippen molar-refractivity contribution in [3.8, 4) is 11.5 Å². The first kappa shape index (κ1) is 19.8. The number of amides is 1. The Kier molecular flexibility index (Phi) is 6.54. The lowest BCUT2D eigenvalue weighted by Crippen LogP contribution is -2.22. The van der Waals surface area contributed by atoms with E-state index in [1.54, 1.807) is 36.4 Å². The Labute approximate surface area is 166 Å². The number of carbonyl (C=O) groups is 3. The molecule has 0 aromatic heterocycles. The lowest BCUT2D eigenvalue weighted by atomic mass is 10.1. The monoisotopic (exact) mass is 401 g/mol. The zero-order valence-electron chi connectivity index (χ0n) is 15.2. The number of anilines is 1. The average molecular weight is 401 g/mol. The minimum Gasteiger partial charge on any atom is -0.486 e. The highest BCUT2D eigenvalue weighted by molar-refractivity contribution is 8.00. The Hall–Kier alpha value is -3.00. The van der Waals surface area contributed by atoms with E-state index >= 15 is 0 Å². The molecule has 7 nitrogen and oxygen atoms in total. The summed E-state index contributed by atoms with van der Waals surface area (Å²) in [5.74, 6) is 0.190. The van der Waals surface area contributed by atoms with E-state index < -0.39 is 18.5 Å². The summed E-state index contributed by atoms with van der Waals surface area (Å²) in [6.45, 7) is 2.00. The SMILES string of the molecule is CC(=O)c1ccccc1NC(=O)COC(=O)CSc1ccc2c(c1)OCCO2. The summed E-state index contributed by atoms with van der Waals surface area (Å²) in [5, 5.41) is 2.58. The predicted molar refractivity (Wildman–Crippen MR) is 104 cm³/mol. The van der Waals surface area contributed by atoms with Crippen LogP contribution in [0.1, 0.15) is 17.3 Å². The van der Waals surface area contributed by atoms with Crippen molar-refractivity contribution in [1.29, 1.82) is 0 Å². The van der Waals surface area contributed by atoms with Crippen LogP contribution in [0.5, 0.6) is 11.5 Å². The maximum atomic E-state index is 12.0. The highest BCUT2D eigenvalue weighted by atomic mass is 32.2. The van der Waals surface area contributed by atoms with E-state index in [1.807, 2.05) is 6.07 Å². The Morgan fingerprint density at radius 1 is 1.07 bits per heavy atom. The van der Waals surface area contributed by atoms with Crippen molar-refractivity contribution in [3.05, 3.63) is 48.0 Å². The second kappa shape index (κ2) is 9.27. The molecule has 0 spiro atoms. The number of hydrogen-bond acceptors (Lipinski definition) is 7. The number of fused-ring (bicyclic) bond motifs is 1. The number of para-hydroxylation sites is 1. The number of esters is 1. The van der Waals surface area contributed by atoms with Gasteiger partial charge in [0.2, 0.25) is 0 Å². The number of nitrogens with one attached hydrogen (secondary N) is 1. The Bertz CT molecular complexity index is 898. The van der Waals surface area contributed by atoms with Crippen molar-refractivity contribution in [1.82, 2.24) is 0 Å². The van der Waals surface area contributed by atoms with Crippen LogP contribution in [0.25, 0.3) is 0 Å². The van der Waals surface area contributed by atoms with Crippen LogP contribution in [0, 0.1) is 0 Å². The number of thioether (sulfide) groups is 1. The van der Waals surface area contributed by atoms with Crippen LogP contribution in [0.2, 0.25) is 0 Å². The molecule has 3 rings (SSSR count). The highest BCUT2D eigenvalue weighted by Crippen LogP contribution is 2.34.